The maximum absolute atomic E-state index is 13.3. The first-order chi connectivity index (χ1) is 12.6. The van der Waals surface area contributed by atoms with Gasteiger partial charge in [0.25, 0.3) is 5.91 Å². The van der Waals surface area contributed by atoms with Crippen molar-refractivity contribution >= 4 is 21.6 Å². The van der Waals surface area contributed by atoms with E-state index in [4.69, 9.17) is 0 Å². The molecule has 1 saturated heterocycles. The summed E-state index contributed by atoms with van der Waals surface area (Å²) in [6.45, 7) is 6.81. The lowest BCUT2D eigenvalue weighted by molar-refractivity contribution is 0.0629. The average molecular weight is 391 g/mol. The molecule has 1 saturated carbocycles. The summed E-state index contributed by atoms with van der Waals surface area (Å²) in [6.07, 6.45) is 3.07. The maximum Gasteiger partial charge on any atom is 0.259 e. The van der Waals surface area contributed by atoms with Crippen molar-refractivity contribution in [1.29, 1.82) is 0 Å². The zero-order chi connectivity index (χ0) is 19.5. The van der Waals surface area contributed by atoms with Gasteiger partial charge in [-0.05, 0) is 51.5 Å². The monoisotopic (exact) mass is 391 g/mol. The fourth-order valence-electron chi connectivity index (χ4n) is 4.66. The van der Waals surface area contributed by atoms with E-state index in [1.54, 1.807) is 4.52 Å². The molecule has 146 valence electrons. The van der Waals surface area contributed by atoms with Crippen LogP contribution in [0.1, 0.15) is 40.3 Å². The predicted octanol–water partition coefficient (Wildman–Crippen LogP) is 1.05. The lowest BCUT2D eigenvalue weighted by Crippen LogP contribution is -2.53. The zero-order valence-corrected chi connectivity index (χ0v) is 16.9. The fourth-order valence-corrected chi connectivity index (χ4v) is 5.54. The summed E-state index contributed by atoms with van der Waals surface area (Å²) in [7, 11) is -3.25. The molecule has 2 aromatic heterocycles. The molecule has 2 fully saturated rings. The van der Waals surface area contributed by atoms with E-state index in [2.05, 4.69) is 14.8 Å². The average Bonchev–Trinajstić information content (AvgIpc) is 2.97. The van der Waals surface area contributed by atoms with Crippen molar-refractivity contribution in [1.82, 2.24) is 24.2 Å². The molecule has 2 aliphatic rings. The number of piperidine rings is 1. The number of likely N-dealkylation sites (tertiary alicyclic amines) is 1. The van der Waals surface area contributed by atoms with Crippen molar-refractivity contribution in [2.45, 2.75) is 39.7 Å². The second kappa shape index (κ2) is 6.27. The number of carbonyl (C=O) groups is 1. The van der Waals surface area contributed by atoms with Gasteiger partial charge >= 0.3 is 0 Å². The van der Waals surface area contributed by atoms with Gasteiger partial charge in [0.1, 0.15) is 5.56 Å². The molecule has 9 heteroatoms. The van der Waals surface area contributed by atoms with Crippen LogP contribution in [0.2, 0.25) is 0 Å². The number of carbonyl (C=O) groups excluding carboxylic acids is 1. The summed E-state index contributed by atoms with van der Waals surface area (Å²) in [5, 5.41) is 4.50. The molecule has 1 N–H and O–H groups in total. The van der Waals surface area contributed by atoms with Crippen LogP contribution in [0.25, 0.3) is 5.65 Å². The van der Waals surface area contributed by atoms with Gasteiger partial charge < -0.3 is 4.90 Å². The van der Waals surface area contributed by atoms with Crippen LogP contribution in [0.4, 0.5) is 0 Å². The van der Waals surface area contributed by atoms with E-state index in [9.17, 15) is 13.2 Å². The number of aryl methyl sites for hydroxylation is 3. The van der Waals surface area contributed by atoms with Gasteiger partial charge in [-0.1, -0.05) is 0 Å². The van der Waals surface area contributed by atoms with Crippen LogP contribution >= 0.6 is 0 Å². The van der Waals surface area contributed by atoms with Crippen LogP contribution in [0.15, 0.2) is 6.07 Å². The van der Waals surface area contributed by atoms with Crippen LogP contribution in [0.3, 0.4) is 0 Å². The highest BCUT2D eigenvalue weighted by atomic mass is 32.2. The van der Waals surface area contributed by atoms with E-state index < -0.39 is 10.0 Å². The van der Waals surface area contributed by atoms with E-state index in [1.165, 1.54) is 6.26 Å². The lowest BCUT2D eigenvalue weighted by atomic mass is 9.92. The minimum atomic E-state index is -3.25. The first-order valence-electron chi connectivity index (χ1n) is 9.24. The Kier molecular flexibility index (Phi) is 4.27. The standard InChI is InChI=1S/C18H25N5O3S/c1-10-7-11(2)23-17(19-10)15(12(3)20-23)18(24)22-8-13-5-6-14(9-22)16(13)21-27(4,25)26/h7,13-14,16,21H,5-6,8-9H2,1-4H3/t13-,14+,16?. The summed E-state index contributed by atoms with van der Waals surface area (Å²) in [4.78, 5) is 19.7. The Morgan fingerprint density at radius 1 is 1.19 bits per heavy atom. The Labute approximate surface area is 159 Å². The Hall–Kier alpha value is -2.00. The van der Waals surface area contributed by atoms with Gasteiger partial charge in [-0.2, -0.15) is 5.10 Å². The summed E-state index contributed by atoms with van der Waals surface area (Å²) in [6, 6.07) is 1.87. The van der Waals surface area contributed by atoms with E-state index in [1.807, 2.05) is 31.7 Å². The van der Waals surface area contributed by atoms with Crippen LogP contribution in [-0.2, 0) is 10.0 Å². The summed E-state index contributed by atoms with van der Waals surface area (Å²) in [5.74, 6) is 0.247. The smallest absolute Gasteiger partial charge is 0.259 e. The minimum absolute atomic E-state index is 0.0605. The van der Waals surface area contributed by atoms with Crippen LogP contribution in [0.5, 0.6) is 0 Å². The molecule has 27 heavy (non-hydrogen) atoms. The first kappa shape index (κ1) is 18.4. The molecule has 2 bridgehead atoms. The van der Waals surface area contributed by atoms with Crippen LogP contribution in [0, 0.1) is 32.6 Å². The number of hydrogen-bond donors (Lipinski definition) is 1. The summed E-state index contributed by atoms with van der Waals surface area (Å²) < 4.78 is 27.8. The SMILES string of the molecule is Cc1cc(C)n2nc(C)c(C(=O)N3C[C@H]4CC[C@@H](C3)C4NS(C)(=O)=O)c2n1. The van der Waals surface area contributed by atoms with Crippen molar-refractivity contribution in [3.8, 4) is 0 Å². The third-order valence-electron chi connectivity index (χ3n) is 5.76. The third-order valence-corrected chi connectivity index (χ3v) is 6.46. The van der Waals surface area contributed by atoms with Crippen molar-refractivity contribution in [3.63, 3.8) is 0 Å². The second-order valence-corrected chi connectivity index (χ2v) is 9.74. The van der Waals surface area contributed by atoms with Crippen molar-refractivity contribution in [2.75, 3.05) is 19.3 Å². The van der Waals surface area contributed by atoms with E-state index in [0.717, 1.165) is 24.2 Å². The molecule has 0 aromatic carbocycles. The molecular weight excluding hydrogens is 366 g/mol. The maximum atomic E-state index is 13.3. The number of rotatable bonds is 3. The Bertz CT molecular complexity index is 1020. The van der Waals surface area contributed by atoms with Crippen LogP contribution < -0.4 is 4.72 Å². The number of amides is 1. The molecule has 1 aliphatic heterocycles. The topological polar surface area (TPSA) is 96.7 Å². The van der Waals surface area contributed by atoms with Crippen LogP contribution in [-0.4, -0.2) is 59.2 Å². The van der Waals surface area contributed by atoms with Gasteiger partial charge in [0.15, 0.2) is 5.65 Å². The van der Waals surface area contributed by atoms with E-state index in [0.29, 0.717) is 30.0 Å². The van der Waals surface area contributed by atoms with Gasteiger partial charge in [0.05, 0.1) is 11.9 Å². The predicted molar refractivity (Wildman–Crippen MR) is 101 cm³/mol. The fraction of sp³-hybridized carbons (Fsp3) is 0.611. The Morgan fingerprint density at radius 2 is 1.81 bits per heavy atom. The highest BCUT2D eigenvalue weighted by Gasteiger charge is 2.45. The highest BCUT2D eigenvalue weighted by molar-refractivity contribution is 7.88. The number of aromatic nitrogens is 3. The number of hydrogen-bond acceptors (Lipinski definition) is 5. The second-order valence-electron chi connectivity index (χ2n) is 7.96. The summed E-state index contributed by atoms with van der Waals surface area (Å²) in [5.41, 5.74) is 3.61. The van der Waals surface area contributed by atoms with Crippen molar-refractivity contribution < 1.29 is 13.2 Å². The number of nitrogens with zero attached hydrogens (tertiary/aromatic N) is 4. The number of sulfonamides is 1. The lowest BCUT2D eigenvalue weighted by Gasteiger charge is -2.38. The first-order valence-corrected chi connectivity index (χ1v) is 11.1. The Morgan fingerprint density at radius 3 is 2.41 bits per heavy atom. The third kappa shape index (κ3) is 3.23. The van der Waals surface area contributed by atoms with Crippen molar-refractivity contribution in [3.05, 3.63) is 28.7 Å². The number of fused-ring (bicyclic) bond motifs is 3. The van der Waals surface area contributed by atoms with E-state index in [-0.39, 0.29) is 23.8 Å². The molecule has 0 spiro atoms. The highest BCUT2D eigenvalue weighted by Crippen LogP contribution is 2.38. The Balaban J connectivity index is 1.64. The van der Waals surface area contributed by atoms with Gasteiger partial charge in [0, 0.05) is 30.5 Å². The molecule has 1 unspecified atom stereocenters. The van der Waals surface area contributed by atoms with Gasteiger partial charge in [-0.25, -0.2) is 22.6 Å². The molecule has 1 amide bonds. The normalized spacial score (nSPS) is 25.3. The van der Waals surface area contributed by atoms with Gasteiger partial charge in [0.2, 0.25) is 10.0 Å². The van der Waals surface area contributed by atoms with E-state index >= 15 is 0 Å². The molecule has 1 aliphatic carbocycles. The molecule has 3 heterocycles. The zero-order valence-electron chi connectivity index (χ0n) is 16.1. The molecule has 2 aromatic rings. The minimum Gasteiger partial charge on any atom is -0.338 e. The van der Waals surface area contributed by atoms with Crippen molar-refractivity contribution in [2.24, 2.45) is 11.8 Å². The largest absolute Gasteiger partial charge is 0.338 e. The molecule has 3 atom stereocenters. The van der Waals surface area contributed by atoms with Gasteiger partial charge in [-0.3, -0.25) is 4.79 Å². The summed E-state index contributed by atoms with van der Waals surface area (Å²) >= 11 is 0. The molecule has 8 nitrogen and oxygen atoms in total. The molecule has 4 rings (SSSR count). The number of nitrogens with one attached hydrogen (secondary N) is 1. The molecular formula is C18H25N5O3S. The molecule has 0 radical (unpaired) electrons. The van der Waals surface area contributed by atoms with Gasteiger partial charge in [-0.15, -0.1) is 0 Å². The quantitative estimate of drug-likeness (QED) is 0.844.